The van der Waals surface area contributed by atoms with Crippen molar-refractivity contribution in [1.82, 2.24) is 0 Å². The highest BCUT2D eigenvalue weighted by atomic mass is 32.2. The normalized spacial score (nSPS) is 15.9. The molecular formula is C6H13NO3S. The maximum absolute atomic E-state index is 10.2. The predicted octanol–water partition coefficient (Wildman–Crippen LogP) is -0.488. The fraction of sp³-hybridized carbons (Fsp3) is 0.833. The second-order valence-corrected chi connectivity index (χ2v) is 3.74. The molecule has 0 aliphatic carbocycles. The third-order valence-electron chi connectivity index (χ3n) is 1.13. The van der Waals surface area contributed by atoms with E-state index in [9.17, 15) is 4.79 Å². The first-order valence-electron chi connectivity index (χ1n) is 3.28. The van der Waals surface area contributed by atoms with Gasteiger partial charge in [0.25, 0.3) is 0 Å². The number of aliphatic hydroxyl groups is 1. The van der Waals surface area contributed by atoms with Crippen LogP contribution in [0, 0.1) is 0 Å². The predicted molar refractivity (Wildman–Crippen MR) is 44.6 cm³/mol. The first-order valence-corrected chi connectivity index (χ1v) is 4.33. The van der Waals surface area contributed by atoms with Crippen LogP contribution >= 0.6 is 11.8 Å². The van der Waals surface area contributed by atoms with Crippen molar-refractivity contribution in [2.45, 2.75) is 18.2 Å². The number of carboxylic acids is 1. The van der Waals surface area contributed by atoms with Gasteiger partial charge in [-0.1, -0.05) is 6.92 Å². The molecule has 0 fully saturated rings. The Hall–Kier alpha value is -0.260. The zero-order valence-corrected chi connectivity index (χ0v) is 7.17. The van der Waals surface area contributed by atoms with E-state index in [-0.39, 0.29) is 11.9 Å². The van der Waals surface area contributed by atoms with E-state index in [4.69, 9.17) is 15.9 Å². The zero-order chi connectivity index (χ0) is 8.85. The van der Waals surface area contributed by atoms with Gasteiger partial charge in [-0.15, -0.1) is 0 Å². The molecule has 0 aromatic carbocycles. The molecule has 0 rings (SSSR count). The van der Waals surface area contributed by atoms with Crippen LogP contribution < -0.4 is 5.73 Å². The molecule has 0 aromatic rings. The molecule has 0 bridgehead atoms. The van der Waals surface area contributed by atoms with E-state index >= 15 is 0 Å². The number of hydrogen-bond acceptors (Lipinski definition) is 4. The first kappa shape index (κ1) is 10.7. The maximum Gasteiger partial charge on any atom is 0.321 e. The Morgan fingerprint density at radius 2 is 2.27 bits per heavy atom. The average molecular weight is 179 g/mol. The Bertz CT molecular complexity index is 131. The largest absolute Gasteiger partial charge is 0.480 e. The highest BCUT2D eigenvalue weighted by Crippen LogP contribution is 2.09. The Kier molecular flexibility index (Phi) is 5.27. The van der Waals surface area contributed by atoms with Crippen molar-refractivity contribution in [1.29, 1.82) is 0 Å². The molecule has 0 saturated carbocycles. The summed E-state index contributed by atoms with van der Waals surface area (Å²) in [6.45, 7) is 1.87. The van der Waals surface area contributed by atoms with E-state index in [1.165, 1.54) is 11.8 Å². The fourth-order valence-corrected chi connectivity index (χ4v) is 1.18. The van der Waals surface area contributed by atoms with Crippen LogP contribution in [0.4, 0.5) is 0 Å². The topological polar surface area (TPSA) is 83.5 Å². The van der Waals surface area contributed by atoms with Gasteiger partial charge in [0, 0.05) is 11.0 Å². The van der Waals surface area contributed by atoms with Crippen molar-refractivity contribution in [2.75, 3.05) is 12.4 Å². The standard InChI is InChI=1S/C6H13NO3S/c1-4(2-8)11-3-5(7)6(9)10/h4-5,8H,2-3,7H2,1H3,(H,9,10)/t4?,5-/m1/s1. The lowest BCUT2D eigenvalue weighted by atomic mass is 10.4. The van der Waals surface area contributed by atoms with E-state index in [0.717, 1.165) is 0 Å². The van der Waals surface area contributed by atoms with Crippen molar-refractivity contribution >= 4 is 17.7 Å². The van der Waals surface area contributed by atoms with Gasteiger partial charge < -0.3 is 15.9 Å². The molecule has 0 radical (unpaired) electrons. The molecule has 4 nitrogen and oxygen atoms in total. The van der Waals surface area contributed by atoms with E-state index < -0.39 is 12.0 Å². The van der Waals surface area contributed by atoms with Crippen molar-refractivity contribution in [3.63, 3.8) is 0 Å². The van der Waals surface area contributed by atoms with Gasteiger partial charge in [0.2, 0.25) is 0 Å². The number of aliphatic carboxylic acids is 1. The SMILES string of the molecule is CC(CO)SC[C@@H](N)C(=O)O. The van der Waals surface area contributed by atoms with Crippen LogP contribution in [-0.2, 0) is 4.79 Å². The number of hydrogen-bond donors (Lipinski definition) is 3. The van der Waals surface area contributed by atoms with Crippen LogP contribution in [0.15, 0.2) is 0 Å². The Labute approximate surface area is 69.8 Å². The second-order valence-electron chi connectivity index (χ2n) is 2.27. The molecule has 4 N–H and O–H groups in total. The van der Waals surface area contributed by atoms with Gasteiger partial charge in [-0.05, 0) is 0 Å². The number of carboxylic acid groups (broad SMARTS) is 1. The Morgan fingerprint density at radius 1 is 1.73 bits per heavy atom. The number of rotatable bonds is 5. The van der Waals surface area contributed by atoms with Crippen molar-refractivity contribution < 1.29 is 15.0 Å². The minimum absolute atomic E-state index is 0.0526. The van der Waals surface area contributed by atoms with Crippen LogP contribution in [0.2, 0.25) is 0 Å². The number of aliphatic hydroxyl groups excluding tert-OH is 1. The highest BCUT2D eigenvalue weighted by molar-refractivity contribution is 7.99. The summed E-state index contributed by atoms with van der Waals surface area (Å²) in [6.07, 6.45) is 0. The smallest absolute Gasteiger partial charge is 0.321 e. The number of thioether (sulfide) groups is 1. The Balaban J connectivity index is 3.45. The lowest BCUT2D eigenvalue weighted by Gasteiger charge is -2.09. The van der Waals surface area contributed by atoms with Crippen LogP contribution in [0.3, 0.4) is 0 Å². The van der Waals surface area contributed by atoms with Crippen LogP contribution in [0.1, 0.15) is 6.92 Å². The Morgan fingerprint density at radius 3 is 2.64 bits per heavy atom. The zero-order valence-electron chi connectivity index (χ0n) is 6.36. The van der Waals surface area contributed by atoms with Gasteiger partial charge in [0.15, 0.2) is 0 Å². The molecular weight excluding hydrogens is 166 g/mol. The molecule has 0 aliphatic rings. The van der Waals surface area contributed by atoms with Gasteiger partial charge >= 0.3 is 5.97 Å². The quantitative estimate of drug-likeness (QED) is 0.530. The third-order valence-corrected chi connectivity index (χ3v) is 2.40. The van der Waals surface area contributed by atoms with E-state index in [0.29, 0.717) is 5.75 Å². The summed E-state index contributed by atoms with van der Waals surface area (Å²) in [5.41, 5.74) is 5.22. The van der Waals surface area contributed by atoms with Crippen molar-refractivity contribution in [2.24, 2.45) is 5.73 Å². The molecule has 0 saturated heterocycles. The van der Waals surface area contributed by atoms with Crippen LogP contribution in [-0.4, -0.2) is 39.8 Å². The maximum atomic E-state index is 10.2. The lowest BCUT2D eigenvalue weighted by molar-refractivity contribution is -0.137. The van der Waals surface area contributed by atoms with Gasteiger partial charge in [-0.2, -0.15) is 11.8 Å². The van der Waals surface area contributed by atoms with E-state index in [2.05, 4.69) is 0 Å². The molecule has 11 heavy (non-hydrogen) atoms. The average Bonchev–Trinajstić information content (AvgIpc) is 1.99. The molecule has 66 valence electrons. The van der Waals surface area contributed by atoms with Gasteiger partial charge in [0.1, 0.15) is 6.04 Å². The number of nitrogens with two attached hydrogens (primary N) is 1. The highest BCUT2D eigenvalue weighted by Gasteiger charge is 2.12. The minimum Gasteiger partial charge on any atom is -0.480 e. The number of carbonyl (C=O) groups is 1. The van der Waals surface area contributed by atoms with E-state index in [1.807, 2.05) is 6.92 Å². The van der Waals surface area contributed by atoms with E-state index in [1.54, 1.807) is 0 Å². The van der Waals surface area contributed by atoms with Crippen molar-refractivity contribution in [3.05, 3.63) is 0 Å². The van der Waals surface area contributed by atoms with Crippen LogP contribution in [0.25, 0.3) is 0 Å². The first-order chi connectivity index (χ1) is 5.07. The summed E-state index contributed by atoms with van der Waals surface area (Å²) in [5, 5.41) is 17.0. The summed E-state index contributed by atoms with van der Waals surface area (Å²) in [6, 6.07) is -0.825. The van der Waals surface area contributed by atoms with Crippen LogP contribution in [0.5, 0.6) is 0 Å². The van der Waals surface area contributed by atoms with Gasteiger partial charge in [0.05, 0.1) is 6.61 Å². The minimum atomic E-state index is -0.998. The summed E-state index contributed by atoms with van der Waals surface area (Å²) in [7, 11) is 0. The summed E-state index contributed by atoms with van der Waals surface area (Å²) < 4.78 is 0. The fourth-order valence-electron chi connectivity index (χ4n) is 0.392. The summed E-state index contributed by atoms with van der Waals surface area (Å²) in [4.78, 5) is 10.2. The lowest BCUT2D eigenvalue weighted by Crippen LogP contribution is -2.33. The third kappa shape index (κ3) is 5.06. The van der Waals surface area contributed by atoms with Gasteiger partial charge in [-0.3, -0.25) is 4.79 Å². The molecule has 2 atom stereocenters. The molecule has 0 spiro atoms. The molecule has 1 unspecified atom stereocenters. The molecule has 0 heterocycles. The van der Waals surface area contributed by atoms with Crippen molar-refractivity contribution in [3.8, 4) is 0 Å². The van der Waals surface area contributed by atoms with Gasteiger partial charge in [-0.25, -0.2) is 0 Å². The summed E-state index contributed by atoms with van der Waals surface area (Å²) >= 11 is 1.36. The molecule has 0 amide bonds. The summed E-state index contributed by atoms with van der Waals surface area (Å²) in [5.74, 6) is -0.653. The molecule has 5 heteroatoms. The monoisotopic (exact) mass is 179 g/mol. The second kappa shape index (κ2) is 5.40. The molecule has 0 aliphatic heterocycles. The molecule has 0 aromatic heterocycles.